The standard InChI is InChI=1S/C14H18ClN3O.2ClH/c15-11-2-1-3-12(10-11)18-7-4-13(14(18)19)17-8-5-16-6-9-17;;/h1-3,10,13,16H,4-9H2;2*1H. The molecule has 118 valence electrons. The number of carbonyl (C=O) groups is 1. The highest BCUT2D eigenvalue weighted by Crippen LogP contribution is 2.26. The minimum atomic E-state index is 0. The van der Waals surface area contributed by atoms with Crippen LogP contribution in [0.1, 0.15) is 6.42 Å². The predicted molar refractivity (Wildman–Crippen MR) is 91.1 cm³/mol. The van der Waals surface area contributed by atoms with Gasteiger partial charge in [0.05, 0.1) is 6.04 Å². The van der Waals surface area contributed by atoms with E-state index in [9.17, 15) is 4.79 Å². The monoisotopic (exact) mass is 351 g/mol. The number of hydrogen-bond acceptors (Lipinski definition) is 3. The number of carbonyl (C=O) groups excluding carboxylic acids is 1. The van der Waals surface area contributed by atoms with Crippen molar-refractivity contribution in [1.29, 1.82) is 0 Å². The lowest BCUT2D eigenvalue weighted by atomic mass is 10.2. The SMILES string of the molecule is Cl.Cl.O=C1C(N2CCNCC2)CCN1c1cccc(Cl)c1. The van der Waals surface area contributed by atoms with E-state index in [2.05, 4.69) is 10.2 Å². The Bertz CT molecular complexity index is 480. The number of rotatable bonds is 2. The molecule has 1 aromatic rings. The first kappa shape index (κ1) is 18.5. The molecule has 0 saturated carbocycles. The topological polar surface area (TPSA) is 35.6 Å². The second kappa shape index (κ2) is 8.20. The second-order valence-corrected chi connectivity index (χ2v) is 5.50. The Morgan fingerprint density at radius 2 is 1.86 bits per heavy atom. The summed E-state index contributed by atoms with van der Waals surface area (Å²) in [6.45, 7) is 4.65. The zero-order valence-electron chi connectivity index (χ0n) is 11.6. The van der Waals surface area contributed by atoms with Crippen LogP contribution < -0.4 is 10.2 Å². The third-order valence-electron chi connectivity index (χ3n) is 3.89. The zero-order valence-corrected chi connectivity index (χ0v) is 14.0. The highest BCUT2D eigenvalue weighted by molar-refractivity contribution is 6.30. The maximum Gasteiger partial charge on any atom is 0.244 e. The summed E-state index contributed by atoms with van der Waals surface area (Å²) >= 11 is 6.00. The van der Waals surface area contributed by atoms with Crippen molar-refractivity contribution < 1.29 is 4.79 Å². The number of piperazine rings is 1. The first-order chi connectivity index (χ1) is 9.25. The van der Waals surface area contributed by atoms with Crippen molar-refractivity contribution in [1.82, 2.24) is 10.2 Å². The maximum atomic E-state index is 12.5. The van der Waals surface area contributed by atoms with Crippen molar-refractivity contribution in [3.05, 3.63) is 29.3 Å². The number of amides is 1. The van der Waals surface area contributed by atoms with E-state index in [4.69, 9.17) is 11.6 Å². The molecule has 1 aromatic carbocycles. The summed E-state index contributed by atoms with van der Waals surface area (Å²) in [5, 5.41) is 4.00. The van der Waals surface area contributed by atoms with E-state index in [0.29, 0.717) is 5.02 Å². The molecule has 0 bridgehead atoms. The van der Waals surface area contributed by atoms with Gasteiger partial charge in [-0.2, -0.15) is 0 Å². The van der Waals surface area contributed by atoms with Crippen molar-refractivity contribution in [2.45, 2.75) is 12.5 Å². The van der Waals surface area contributed by atoms with Crippen molar-refractivity contribution in [3.63, 3.8) is 0 Å². The van der Waals surface area contributed by atoms with Crippen LogP contribution in [0.3, 0.4) is 0 Å². The van der Waals surface area contributed by atoms with Crippen molar-refractivity contribution in [2.75, 3.05) is 37.6 Å². The van der Waals surface area contributed by atoms with E-state index in [0.717, 1.165) is 44.8 Å². The Morgan fingerprint density at radius 1 is 1.14 bits per heavy atom. The van der Waals surface area contributed by atoms with Crippen LogP contribution in [0, 0.1) is 0 Å². The average Bonchev–Trinajstić information content (AvgIpc) is 2.81. The normalized spacial score (nSPS) is 22.6. The number of halogens is 3. The molecule has 2 aliphatic rings. The van der Waals surface area contributed by atoms with E-state index in [1.807, 2.05) is 29.2 Å². The molecule has 1 unspecified atom stereocenters. The van der Waals surface area contributed by atoms with Crippen LogP contribution in [-0.2, 0) is 4.79 Å². The third kappa shape index (κ3) is 4.02. The fourth-order valence-corrected chi connectivity index (χ4v) is 3.08. The van der Waals surface area contributed by atoms with E-state index in [-0.39, 0.29) is 36.8 Å². The molecule has 2 aliphatic heterocycles. The van der Waals surface area contributed by atoms with Gasteiger partial charge in [-0.05, 0) is 24.6 Å². The van der Waals surface area contributed by atoms with Crippen LogP contribution in [0.25, 0.3) is 0 Å². The van der Waals surface area contributed by atoms with Gasteiger partial charge in [-0.3, -0.25) is 9.69 Å². The van der Waals surface area contributed by atoms with E-state index < -0.39 is 0 Å². The summed E-state index contributed by atoms with van der Waals surface area (Å²) in [6, 6.07) is 7.58. The summed E-state index contributed by atoms with van der Waals surface area (Å²) in [5.41, 5.74) is 0.912. The molecule has 2 saturated heterocycles. The third-order valence-corrected chi connectivity index (χ3v) is 4.12. The van der Waals surface area contributed by atoms with Gasteiger partial charge in [-0.1, -0.05) is 17.7 Å². The summed E-state index contributed by atoms with van der Waals surface area (Å²) < 4.78 is 0. The molecule has 21 heavy (non-hydrogen) atoms. The highest BCUT2D eigenvalue weighted by atomic mass is 35.5. The average molecular weight is 353 g/mol. The minimum Gasteiger partial charge on any atom is -0.314 e. The summed E-state index contributed by atoms with van der Waals surface area (Å²) in [5.74, 6) is 0.212. The molecule has 2 heterocycles. The smallest absolute Gasteiger partial charge is 0.244 e. The molecule has 3 rings (SSSR count). The summed E-state index contributed by atoms with van der Waals surface area (Å²) in [4.78, 5) is 16.7. The Balaban J connectivity index is 0.00000110. The molecule has 1 amide bonds. The lowest BCUT2D eigenvalue weighted by molar-refractivity contribution is -0.121. The molecular formula is C14H20Cl3N3O. The first-order valence-corrected chi connectivity index (χ1v) is 7.15. The van der Waals surface area contributed by atoms with Crippen molar-refractivity contribution in [2.24, 2.45) is 0 Å². The fourth-order valence-electron chi connectivity index (χ4n) is 2.90. The Kier molecular flexibility index (Phi) is 7.24. The maximum absolute atomic E-state index is 12.5. The van der Waals surface area contributed by atoms with Gasteiger partial charge in [0.15, 0.2) is 0 Å². The molecule has 0 aliphatic carbocycles. The van der Waals surface area contributed by atoms with Gasteiger partial charge < -0.3 is 10.2 Å². The number of hydrogen-bond donors (Lipinski definition) is 1. The molecule has 0 spiro atoms. The highest BCUT2D eigenvalue weighted by Gasteiger charge is 2.36. The number of nitrogens with one attached hydrogen (secondary N) is 1. The van der Waals surface area contributed by atoms with E-state index in [1.165, 1.54) is 0 Å². The molecule has 0 radical (unpaired) electrons. The Morgan fingerprint density at radius 3 is 2.52 bits per heavy atom. The molecule has 4 nitrogen and oxygen atoms in total. The lowest BCUT2D eigenvalue weighted by Gasteiger charge is -2.31. The predicted octanol–water partition coefficient (Wildman–Crippen LogP) is 2.19. The lowest BCUT2D eigenvalue weighted by Crippen LogP contribution is -2.51. The fraction of sp³-hybridized carbons (Fsp3) is 0.500. The van der Waals surface area contributed by atoms with E-state index in [1.54, 1.807) is 0 Å². The number of nitrogens with zero attached hydrogens (tertiary/aromatic N) is 2. The van der Waals surface area contributed by atoms with Crippen LogP contribution in [0.15, 0.2) is 24.3 Å². The Hall–Kier alpha value is -0.520. The van der Waals surface area contributed by atoms with Crippen LogP contribution in [0.4, 0.5) is 5.69 Å². The molecule has 1 atom stereocenters. The number of benzene rings is 1. The molecule has 1 N–H and O–H groups in total. The summed E-state index contributed by atoms with van der Waals surface area (Å²) in [7, 11) is 0. The number of anilines is 1. The first-order valence-electron chi connectivity index (χ1n) is 6.77. The zero-order chi connectivity index (χ0) is 13.2. The van der Waals surface area contributed by atoms with Gasteiger partial charge in [-0.15, -0.1) is 24.8 Å². The van der Waals surface area contributed by atoms with Crippen molar-refractivity contribution >= 4 is 48.0 Å². The van der Waals surface area contributed by atoms with Gasteiger partial charge in [-0.25, -0.2) is 0 Å². The quantitative estimate of drug-likeness (QED) is 0.886. The minimum absolute atomic E-state index is 0. The largest absolute Gasteiger partial charge is 0.314 e. The van der Waals surface area contributed by atoms with Crippen LogP contribution >= 0.6 is 36.4 Å². The summed E-state index contributed by atoms with van der Waals surface area (Å²) in [6.07, 6.45) is 0.908. The molecule has 2 fully saturated rings. The van der Waals surface area contributed by atoms with Crippen LogP contribution in [0.2, 0.25) is 5.02 Å². The Labute approximate surface area is 142 Å². The molecule has 7 heteroatoms. The second-order valence-electron chi connectivity index (χ2n) is 5.06. The van der Waals surface area contributed by atoms with Gasteiger partial charge in [0.2, 0.25) is 5.91 Å². The van der Waals surface area contributed by atoms with E-state index >= 15 is 0 Å². The van der Waals surface area contributed by atoms with Gasteiger partial charge in [0.1, 0.15) is 0 Å². The molecular weight excluding hydrogens is 333 g/mol. The molecule has 0 aromatic heterocycles. The van der Waals surface area contributed by atoms with Crippen molar-refractivity contribution in [3.8, 4) is 0 Å². The van der Waals surface area contributed by atoms with Crippen LogP contribution in [0.5, 0.6) is 0 Å². The van der Waals surface area contributed by atoms with Gasteiger partial charge >= 0.3 is 0 Å². The van der Waals surface area contributed by atoms with Gasteiger partial charge in [0, 0.05) is 43.4 Å². The van der Waals surface area contributed by atoms with Crippen LogP contribution in [-0.4, -0.2) is 49.6 Å². The van der Waals surface area contributed by atoms with Gasteiger partial charge in [0.25, 0.3) is 0 Å².